The fourth-order valence-corrected chi connectivity index (χ4v) is 3.85. The molecule has 0 unspecified atom stereocenters. The number of benzene rings is 2. The van der Waals surface area contributed by atoms with E-state index in [1.54, 1.807) is 32.0 Å². The number of nitrogens with one attached hydrogen (secondary N) is 1. The Balaban J connectivity index is 2.31. The Morgan fingerprint density at radius 3 is 2.50 bits per heavy atom. The van der Waals surface area contributed by atoms with Gasteiger partial charge in [0.1, 0.15) is 5.82 Å². The molecule has 8 heteroatoms. The van der Waals surface area contributed by atoms with Gasteiger partial charge in [0.15, 0.2) is 0 Å². The molecule has 0 aliphatic rings. The van der Waals surface area contributed by atoms with Gasteiger partial charge < -0.3 is 4.90 Å². The molecule has 2 aromatic rings. The van der Waals surface area contributed by atoms with Gasteiger partial charge in [0, 0.05) is 25.2 Å². The van der Waals surface area contributed by atoms with Crippen LogP contribution in [0.5, 0.6) is 0 Å². The van der Waals surface area contributed by atoms with Crippen molar-refractivity contribution in [3.8, 4) is 0 Å². The minimum atomic E-state index is -3.76. The highest BCUT2D eigenvalue weighted by molar-refractivity contribution is 7.89. The van der Waals surface area contributed by atoms with E-state index in [4.69, 9.17) is 11.6 Å². The van der Waals surface area contributed by atoms with E-state index in [1.165, 1.54) is 36.2 Å². The Bertz CT molecular complexity index is 916. The predicted octanol–water partition coefficient (Wildman–Crippen LogP) is 3.44. The Morgan fingerprint density at radius 2 is 1.88 bits per heavy atom. The summed E-state index contributed by atoms with van der Waals surface area (Å²) in [5.74, 6) is -0.921. The summed E-state index contributed by atoms with van der Waals surface area (Å²) in [6.45, 7) is 3.42. The first-order chi connectivity index (χ1) is 12.1. The van der Waals surface area contributed by atoms with Crippen molar-refractivity contribution in [1.82, 2.24) is 9.62 Å². The SMILES string of the molecule is CC(C)NS(=O)(=O)c1ccc(Cl)c(C(=O)N(C)Cc2ccccc2F)c1. The molecule has 0 fully saturated rings. The molecule has 26 heavy (non-hydrogen) atoms. The second-order valence-electron chi connectivity index (χ2n) is 6.17. The summed E-state index contributed by atoms with van der Waals surface area (Å²) in [6.07, 6.45) is 0. The van der Waals surface area contributed by atoms with Gasteiger partial charge in [-0.15, -0.1) is 0 Å². The average molecular weight is 399 g/mol. The van der Waals surface area contributed by atoms with Crippen LogP contribution >= 0.6 is 11.6 Å². The molecule has 2 rings (SSSR count). The van der Waals surface area contributed by atoms with E-state index in [9.17, 15) is 17.6 Å². The first-order valence-electron chi connectivity index (χ1n) is 7.92. The fraction of sp³-hybridized carbons (Fsp3) is 0.278. The Labute approximate surface area is 157 Å². The van der Waals surface area contributed by atoms with Gasteiger partial charge in [0.05, 0.1) is 15.5 Å². The van der Waals surface area contributed by atoms with E-state index in [2.05, 4.69) is 4.72 Å². The van der Waals surface area contributed by atoms with E-state index in [0.717, 1.165) is 0 Å². The maximum Gasteiger partial charge on any atom is 0.255 e. The summed E-state index contributed by atoms with van der Waals surface area (Å²) in [4.78, 5) is 13.9. The van der Waals surface area contributed by atoms with E-state index < -0.39 is 21.7 Å². The number of carbonyl (C=O) groups is 1. The zero-order valence-corrected chi connectivity index (χ0v) is 16.2. The lowest BCUT2D eigenvalue weighted by molar-refractivity contribution is 0.0784. The van der Waals surface area contributed by atoms with Crippen molar-refractivity contribution in [2.24, 2.45) is 0 Å². The molecular formula is C18H20ClFN2O3S. The molecule has 1 N–H and O–H groups in total. The zero-order valence-electron chi connectivity index (χ0n) is 14.7. The van der Waals surface area contributed by atoms with Crippen LogP contribution in [0.1, 0.15) is 29.8 Å². The van der Waals surface area contributed by atoms with Crippen LogP contribution in [0.15, 0.2) is 47.4 Å². The van der Waals surface area contributed by atoms with Crippen molar-refractivity contribution in [1.29, 1.82) is 0 Å². The average Bonchev–Trinajstić information content (AvgIpc) is 2.55. The maximum atomic E-state index is 13.8. The largest absolute Gasteiger partial charge is 0.337 e. The topological polar surface area (TPSA) is 66.5 Å². The number of nitrogens with zero attached hydrogens (tertiary/aromatic N) is 1. The first kappa shape index (κ1) is 20.4. The molecule has 0 spiro atoms. The van der Waals surface area contributed by atoms with Gasteiger partial charge >= 0.3 is 0 Å². The number of carbonyl (C=O) groups excluding carboxylic acids is 1. The van der Waals surface area contributed by atoms with Gasteiger partial charge in [0.2, 0.25) is 10.0 Å². The van der Waals surface area contributed by atoms with E-state index in [-0.39, 0.29) is 28.1 Å². The van der Waals surface area contributed by atoms with E-state index >= 15 is 0 Å². The van der Waals surface area contributed by atoms with Crippen LogP contribution in [0.4, 0.5) is 4.39 Å². The van der Waals surface area contributed by atoms with Crippen LogP contribution < -0.4 is 4.72 Å². The molecule has 0 aromatic heterocycles. The van der Waals surface area contributed by atoms with Gasteiger partial charge in [-0.05, 0) is 38.1 Å². The second-order valence-corrected chi connectivity index (χ2v) is 8.29. The summed E-state index contributed by atoms with van der Waals surface area (Å²) in [5, 5.41) is 0.124. The third-order valence-electron chi connectivity index (χ3n) is 3.58. The molecule has 0 saturated heterocycles. The molecule has 1 amide bonds. The van der Waals surface area contributed by atoms with Crippen LogP contribution in [0, 0.1) is 5.82 Å². The number of rotatable bonds is 6. The molecule has 0 aliphatic heterocycles. The van der Waals surface area contributed by atoms with Crippen LogP contribution in [-0.2, 0) is 16.6 Å². The van der Waals surface area contributed by atoms with Crippen molar-refractivity contribution < 1.29 is 17.6 Å². The normalized spacial score (nSPS) is 11.6. The summed E-state index contributed by atoms with van der Waals surface area (Å²) in [5.41, 5.74) is 0.391. The van der Waals surface area contributed by atoms with Gasteiger partial charge in [-0.25, -0.2) is 17.5 Å². The second kappa shape index (κ2) is 8.16. The highest BCUT2D eigenvalue weighted by Crippen LogP contribution is 2.23. The number of sulfonamides is 1. The molecule has 0 radical (unpaired) electrons. The van der Waals surface area contributed by atoms with Crippen molar-refractivity contribution in [2.75, 3.05) is 7.05 Å². The van der Waals surface area contributed by atoms with Crippen LogP contribution in [-0.4, -0.2) is 32.3 Å². The third kappa shape index (κ3) is 4.81. The van der Waals surface area contributed by atoms with Gasteiger partial charge in [-0.1, -0.05) is 29.8 Å². The van der Waals surface area contributed by atoms with Crippen LogP contribution in [0.25, 0.3) is 0 Å². The van der Waals surface area contributed by atoms with Gasteiger partial charge in [-0.3, -0.25) is 4.79 Å². The Morgan fingerprint density at radius 1 is 1.23 bits per heavy atom. The standard InChI is InChI=1S/C18H20ClFN2O3S/c1-12(2)21-26(24,25)14-8-9-16(19)15(10-14)18(23)22(3)11-13-6-4-5-7-17(13)20/h4-10,12,21H,11H2,1-3H3. The molecule has 5 nitrogen and oxygen atoms in total. The number of halogens is 2. The zero-order chi connectivity index (χ0) is 19.5. The monoisotopic (exact) mass is 398 g/mol. The maximum absolute atomic E-state index is 13.8. The highest BCUT2D eigenvalue weighted by Gasteiger charge is 2.22. The molecule has 0 bridgehead atoms. The summed E-state index contributed by atoms with van der Waals surface area (Å²) >= 11 is 6.09. The fourth-order valence-electron chi connectivity index (χ4n) is 2.37. The minimum absolute atomic E-state index is 0.0308. The van der Waals surface area contributed by atoms with Gasteiger partial charge in [-0.2, -0.15) is 0 Å². The predicted molar refractivity (Wildman–Crippen MR) is 99.1 cm³/mol. The number of hydrogen-bond acceptors (Lipinski definition) is 3. The summed E-state index contributed by atoms with van der Waals surface area (Å²) in [6, 6.07) is 9.76. The van der Waals surface area contributed by atoms with Crippen molar-refractivity contribution in [3.05, 3.63) is 64.4 Å². The third-order valence-corrected chi connectivity index (χ3v) is 5.57. The lowest BCUT2D eigenvalue weighted by atomic mass is 10.1. The Hall–Kier alpha value is -1.96. The van der Waals surface area contributed by atoms with E-state index in [0.29, 0.717) is 5.56 Å². The van der Waals surface area contributed by atoms with Crippen molar-refractivity contribution in [3.63, 3.8) is 0 Å². The van der Waals surface area contributed by atoms with E-state index in [1.807, 2.05) is 0 Å². The molecule has 0 saturated carbocycles. The van der Waals surface area contributed by atoms with Crippen molar-refractivity contribution in [2.45, 2.75) is 31.3 Å². The Kier molecular flexibility index (Phi) is 6.39. The minimum Gasteiger partial charge on any atom is -0.337 e. The molecule has 0 atom stereocenters. The quantitative estimate of drug-likeness (QED) is 0.810. The molecule has 0 heterocycles. The summed E-state index contributed by atoms with van der Waals surface area (Å²) in [7, 11) is -2.26. The van der Waals surface area contributed by atoms with Crippen molar-refractivity contribution >= 4 is 27.5 Å². The summed E-state index contributed by atoms with van der Waals surface area (Å²) < 4.78 is 40.8. The lowest BCUT2D eigenvalue weighted by Crippen LogP contribution is -2.31. The smallest absolute Gasteiger partial charge is 0.255 e. The molecular weight excluding hydrogens is 379 g/mol. The highest BCUT2D eigenvalue weighted by atomic mass is 35.5. The van der Waals surface area contributed by atoms with Crippen LogP contribution in [0.3, 0.4) is 0 Å². The molecule has 140 valence electrons. The molecule has 2 aromatic carbocycles. The lowest BCUT2D eigenvalue weighted by Gasteiger charge is -2.19. The van der Waals surface area contributed by atoms with Crippen LogP contribution in [0.2, 0.25) is 5.02 Å². The van der Waals surface area contributed by atoms with Gasteiger partial charge in [0.25, 0.3) is 5.91 Å². The number of amides is 1. The number of hydrogen-bond donors (Lipinski definition) is 1. The first-order valence-corrected chi connectivity index (χ1v) is 9.78. The molecule has 0 aliphatic carbocycles.